The summed E-state index contributed by atoms with van der Waals surface area (Å²) in [5.74, 6) is 3.20. The van der Waals surface area contributed by atoms with E-state index in [1.807, 2.05) is 6.20 Å². The topological polar surface area (TPSA) is 48.9 Å². The summed E-state index contributed by atoms with van der Waals surface area (Å²) in [7, 11) is 0. The van der Waals surface area contributed by atoms with Crippen LogP contribution in [0.2, 0.25) is 0 Å². The molecule has 1 saturated carbocycles. The smallest absolute Gasteiger partial charge is 0.127 e. The quantitative estimate of drug-likeness (QED) is 0.821. The number of nitrogens with one attached hydrogen (secondary N) is 1. The van der Waals surface area contributed by atoms with E-state index in [4.69, 9.17) is 11.6 Å². The van der Waals surface area contributed by atoms with E-state index in [2.05, 4.69) is 51.8 Å². The maximum atomic E-state index is 10.8. The first-order valence-electron chi connectivity index (χ1n) is 8.57. The summed E-state index contributed by atoms with van der Waals surface area (Å²) in [6.45, 7) is 0. The molecule has 1 aromatic heterocycles. The highest BCUT2D eigenvalue weighted by Gasteiger charge is 2.52. The number of fused-ring (bicyclic) bond motifs is 3. The van der Waals surface area contributed by atoms with Crippen molar-refractivity contribution in [2.75, 3.05) is 0 Å². The molecule has 1 aromatic carbocycles. The van der Waals surface area contributed by atoms with Crippen molar-refractivity contribution in [3.63, 3.8) is 0 Å². The fourth-order valence-corrected chi connectivity index (χ4v) is 4.95. The van der Waals surface area contributed by atoms with Crippen LogP contribution in [0, 0.1) is 17.2 Å². The zero-order valence-corrected chi connectivity index (χ0v) is 14.3. The van der Waals surface area contributed by atoms with Crippen LogP contribution in [0.15, 0.2) is 36.5 Å². The van der Waals surface area contributed by atoms with E-state index in [0.717, 1.165) is 25.7 Å². The first-order valence-corrected chi connectivity index (χ1v) is 8.95. The molecule has 4 rings (SSSR count). The van der Waals surface area contributed by atoms with Gasteiger partial charge in [0.05, 0.1) is 5.69 Å². The van der Waals surface area contributed by atoms with Crippen LogP contribution in [0.1, 0.15) is 42.5 Å². The summed E-state index contributed by atoms with van der Waals surface area (Å²) < 4.78 is 0. The molecule has 0 spiro atoms. The molecule has 2 N–H and O–H groups in total. The zero-order chi connectivity index (χ0) is 16.6. The van der Waals surface area contributed by atoms with Crippen LogP contribution in [0.4, 0.5) is 0 Å². The third-order valence-corrected chi connectivity index (χ3v) is 6.04. The minimum atomic E-state index is -0.958. The summed E-state index contributed by atoms with van der Waals surface area (Å²) in [5.41, 5.74) is 2.88. The molecule has 0 unspecified atom stereocenters. The molecule has 124 valence electrons. The predicted molar refractivity (Wildman–Crippen MR) is 94.7 cm³/mol. The van der Waals surface area contributed by atoms with Gasteiger partial charge in [-0.25, -0.2) is 0 Å². The number of hydrogen-bond donors (Lipinski definition) is 2. The molecule has 0 bridgehead atoms. The van der Waals surface area contributed by atoms with E-state index in [1.165, 1.54) is 16.8 Å². The zero-order valence-electron chi connectivity index (χ0n) is 13.6. The van der Waals surface area contributed by atoms with Gasteiger partial charge in [-0.15, -0.1) is 0 Å². The molecule has 1 fully saturated rings. The number of H-pyrrole nitrogens is 1. The van der Waals surface area contributed by atoms with Crippen LogP contribution in [0.3, 0.4) is 0 Å². The minimum absolute atomic E-state index is 0.0187. The second-order valence-corrected chi connectivity index (χ2v) is 7.46. The maximum absolute atomic E-state index is 10.8. The van der Waals surface area contributed by atoms with Gasteiger partial charge in [0.2, 0.25) is 0 Å². The monoisotopic (exact) mass is 340 g/mol. The van der Waals surface area contributed by atoms with Gasteiger partial charge in [-0.05, 0) is 67.2 Å². The molecular formula is C20H21ClN2O. The van der Waals surface area contributed by atoms with Gasteiger partial charge in [0.1, 0.15) is 5.60 Å². The van der Waals surface area contributed by atoms with E-state index < -0.39 is 5.60 Å². The van der Waals surface area contributed by atoms with Crippen LogP contribution < -0.4 is 0 Å². The minimum Gasteiger partial charge on any atom is -0.378 e. The Kier molecular flexibility index (Phi) is 3.90. The lowest BCUT2D eigenvalue weighted by molar-refractivity contribution is -0.00919. The van der Waals surface area contributed by atoms with Crippen LogP contribution >= 0.6 is 11.6 Å². The highest BCUT2D eigenvalue weighted by atomic mass is 35.5. The average Bonchev–Trinajstić information content (AvgIpc) is 3.06. The molecular weight excluding hydrogens is 320 g/mol. The number of aromatic nitrogens is 2. The van der Waals surface area contributed by atoms with Crippen molar-refractivity contribution in [2.45, 2.75) is 49.5 Å². The van der Waals surface area contributed by atoms with E-state index in [0.29, 0.717) is 18.8 Å². The van der Waals surface area contributed by atoms with Gasteiger partial charge < -0.3 is 5.11 Å². The van der Waals surface area contributed by atoms with Crippen molar-refractivity contribution in [1.82, 2.24) is 10.2 Å². The maximum Gasteiger partial charge on any atom is 0.127 e. The van der Waals surface area contributed by atoms with Crippen molar-refractivity contribution >= 4 is 11.6 Å². The van der Waals surface area contributed by atoms with Crippen LogP contribution in [0.5, 0.6) is 0 Å². The summed E-state index contributed by atoms with van der Waals surface area (Å²) in [6.07, 6.45) is 7.27. The van der Waals surface area contributed by atoms with Gasteiger partial charge in [0.15, 0.2) is 0 Å². The fourth-order valence-electron chi connectivity index (χ4n) is 4.77. The number of halogens is 1. The number of aryl methyl sites for hydroxylation is 1. The highest BCUT2D eigenvalue weighted by molar-refractivity contribution is 6.30. The molecule has 0 aliphatic heterocycles. The first kappa shape index (κ1) is 15.7. The Morgan fingerprint density at radius 2 is 2.12 bits per heavy atom. The Morgan fingerprint density at radius 1 is 1.29 bits per heavy atom. The van der Waals surface area contributed by atoms with E-state index in [9.17, 15) is 5.11 Å². The van der Waals surface area contributed by atoms with Crippen molar-refractivity contribution in [3.8, 4) is 11.3 Å². The number of nitrogens with zero attached hydrogens (tertiary/aromatic N) is 1. The van der Waals surface area contributed by atoms with E-state index >= 15 is 0 Å². The molecule has 3 atom stereocenters. The number of aliphatic hydroxyl groups is 1. The number of rotatable bonds is 2. The van der Waals surface area contributed by atoms with Gasteiger partial charge >= 0.3 is 0 Å². The van der Waals surface area contributed by atoms with Crippen LogP contribution in [-0.2, 0) is 18.3 Å². The van der Waals surface area contributed by atoms with Crippen molar-refractivity contribution in [3.05, 3.63) is 53.3 Å². The molecule has 2 aliphatic carbocycles. The number of hydrogen-bond acceptors (Lipinski definition) is 2. The highest BCUT2D eigenvalue weighted by Crippen LogP contribution is 2.53. The van der Waals surface area contributed by atoms with Crippen molar-refractivity contribution in [2.24, 2.45) is 5.92 Å². The van der Waals surface area contributed by atoms with Gasteiger partial charge in [-0.3, -0.25) is 5.10 Å². The van der Waals surface area contributed by atoms with E-state index in [-0.39, 0.29) is 5.41 Å². The molecule has 2 aliphatic rings. The van der Waals surface area contributed by atoms with Crippen LogP contribution in [-0.4, -0.2) is 20.9 Å². The Balaban J connectivity index is 1.75. The third kappa shape index (κ3) is 2.55. The lowest BCUT2D eigenvalue weighted by Crippen LogP contribution is -2.51. The van der Waals surface area contributed by atoms with Crippen LogP contribution in [0.25, 0.3) is 0 Å². The van der Waals surface area contributed by atoms with Gasteiger partial charge in [-0.1, -0.05) is 36.3 Å². The van der Waals surface area contributed by atoms with Crippen molar-refractivity contribution in [1.29, 1.82) is 0 Å². The van der Waals surface area contributed by atoms with Gasteiger partial charge in [0.25, 0.3) is 0 Å². The molecule has 3 nitrogen and oxygen atoms in total. The molecule has 0 amide bonds. The second kappa shape index (κ2) is 5.95. The van der Waals surface area contributed by atoms with Gasteiger partial charge in [-0.2, -0.15) is 5.10 Å². The number of benzene rings is 1. The van der Waals surface area contributed by atoms with Gasteiger partial charge in [0, 0.05) is 17.0 Å². The molecule has 24 heavy (non-hydrogen) atoms. The largest absolute Gasteiger partial charge is 0.378 e. The number of aromatic amines is 1. The van der Waals surface area contributed by atoms with Crippen molar-refractivity contribution < 1.29 is 5.11 Å². The molecule has 2 aromatic rings. The Hall–Kier alpha value is -1.76. The molecule has 0 saturated heterocycles. The third-order valence-electron chi connectivity index (χ3n) is 5.95. The normalized spacial score (nSPS) is 31.5. The Morgan fingerprint density at radius 3 is 2.92 bits per heavy atom. The summed E-state index contributed by atoms with van der Waals surface area (Å²) in [5, 5.41) is 20.9. The molecule has 4 heteroatoms. The standard InChI is InChI=1S/C20H21ClN2O/c21-11-10-19(24)8-9-20(12-15-4-2-1-3-5-15)17(13-19)7-6-16-14-22-23-18(16)20/h1-5,14,17,24H,6-9,12-13H2,(H,22,23)/t17-,19+,20-/m0/s1. The Labute approximate surface area is 147 Å². The molecule has 1 heterocycles. The second-order valence-electron chi connectivity index (χ2n) is 7.27. The van der Waals surface area contributed by atoms with E-state index in [1.54, 1.807) is 0 Å². The average molecular weight is 341 g/mol. The predicted octanol–water partition coefficient (Wildman–Crippen LogP) is 3.57. The lowest BCUT2D eigenvalue weighted by Gasteiger charge is -2.50. The first-order chi connectivity index (χ1) is 11.7. The summed E-state index contributed by atoms with van der Waals surface area (Å²) >= 11 is 5.59. The SMILES string of the molecule is O[C@@]1(C#CCl)CC[C@@]2(Cc3ccccc3)c3n[nH]cc3CC[C@H]2C1. The lowest BCUT2D eigenvalue weighted by atomic mass is 9.54. The summed E-state index contributed by atoms with van der Waals surface area (Å²) in [6, 6.07) is 10.6. The molecule has 0 radical (unpaired) electrons. The fraction of sp³-hybridized carbons (Fsp3) is 0.450. The summed E-state index contributed by atoms with van der Waals surface area (Å²) in [4.78, 5) is 0. The Bertz CT molecular complexity index is 791.